The van der Waals surface area contributed by atoms with Crippen LogP contribution >= 0.6 is 0 Å². The van der Waals surface area contributed by atoms with Gasteiger partial charge in [0.2, 0.25) is 15.9 Å². The van der Waals surface area contributed by atoms with E-state index in [2.05, 4.69) is 15.1 Å². The van der Waals surface area contributed by atoms with Crippen molar-refractivity contribution in [1.82, 2.24) is 24.1 Å². The number of rotatable bonds is 5. The van der Waals surface area contributed by atoms with Crippen molar-refractivity contribution in [3.8, 4) is 5.88 Å². The van der Waals surface area contributed by atoms with Gasteiger partial charge in [0.05, 0.1) is 17.9 Å². The molecule has 0 radical (unpaired) electrons. The van der Waals surface area contributed by atoms with Gasteiger partial charge in [0.25, 0.3) is 0 Å². The number of aromatic nitrogens is 4. The maximum Gasteiger partial charge on any atom is 0.246 e. The first-order valence-corrected chi connectivity index (χ1v) is 10.2. The maximum absolute atomic E-state index is 13.3. The molecule has 0 spiro atoms. The van der Waals surface area contributed by atoms with E-state index in [1.54, 1.807) is 23.9 Å². The summed E-state index contributed by atoms with van der Waals surface area (Å²) in [6.45, 7) is 8.32. The Morgan fingerprint density at radius 2 is 2.08 bits per heavy atom. The SMILES string of the molecule is Cc1nn(C(C)C)c(C)c1S(=O)(=O)N1CCCC(Oc2ccncn2)C1. The van der Waals surface area contributed by atoms with E-state index >= 15 is 0 Å². The van der Waals surface area contributed by atoms with E-state index < -0.39 is 10.0 Å². The van der Waals surface area contributed by atoms with Crippen LogP contribution in [-0.4, -0.2) is 51.7 Å². The summed E-state index contributed by atoms with van der Waals surface area (Å²) in [5, 5.41) is 4.42. The molecule has 26 heavy (non-hydrogen) atoms. The molecule has 1 aliphatic heterocycles. The third-order valence-corrected chi connectivity index (χ3v) is 6.65. The molecule has 3 heterocycles. The first kappa shape index (κ1) is 18.8. The van der Waals surface area contributed by atoms with E-state index in [9.17, 15) is 8.42 Å². The summed E-state index contributed by atoms with van der Waals surface area (Å²) in [5.74, 6) is 0.462. The quantitative estimate of drug-likeness (QED) is 0.790. The Balaban J connectivity index is 1.83. The summed E-state index contributed by atoms with van der Waals surface area (Å²) in [5.41, 5.74) is 1.21. The van der Waals surface area contributed by atoms with Crippen LogP contribution in [0.15, 0.2) is 23.5 Å². The van der Waals surface area contributed by atoms with Crippen molar-refractivity contribution in [3.63, 3.8) is 0 Å². The molecule has 1 saturated heterocycles. The van der Waals surface area contributed by atoms with Crippen LogP contribution in [0, 0.1) is 13.8 Å². The summed E-state index contributed by atoms with van der Waals surface area (Å²) >= 11 is 0. The molecule has 0 saturated carbocycles. The molecule has 9 heteroatoms. The van der Waals surface area contributed by atoms with Gasteiger partial charge in [-0.15, -0.1) is 0 Å². The summed E-state index contributed by atoms with van der Waals surface area (Å²) in [6.07, 6.45) is 4.32. The van der Waals surface area contributed by atoms with Crippen molar-refractivity contribution >= 4 is 10.0 Å². The highest BCUT2D eigenvalue weighted by Gasteiger charge is 2.35. The molecule has 0 aromatic carbocycles. The largest absolute Gasteiger partial charge is 0.473 e. The fraction of sp³-hybridized carbons (Fsp3) is 0.588. The number of ether oxygens (including phenoxy) is 1. The van der Waals surface area contributed by atoms with Crippen molar-refractivity contribution < 1.29 is 13.2 Å². The Kier molecular flexibility index (Phi) is 5.29. The first-order chi connectivity index (χ1) is 12.3. The molecule has 0 amide bonds. The molecular formula is C17H25N5O3S. The van der Waals surface area contributed by atoms with Crippen LogP contribution in [0.2, 0.25) is 0 Å². The van der Waals surface area contributed by atoms with Crippen molar-refractivity contribution in [1.29, 1.82) is 0 Å². The van der Waals surface area contributed by atoms with Crippen LogP contribution in [-0.2, 0) is 10.0 Å². The van der Waals surface area contributed by atoms with E-state index in [0.717, 1.165) is 12.8 Å². The van der Waals surface area contributed by atoms with E-state index in [1.165, 1.54) is 10.6 Å². The van der Waals surface area contributed by atoms with Gasteiger partial charge in [-0.1, -0.05) is 0 Å². The predicted molar refractivity (Wildman–Crippen MR) is 96.5 cm³/mol. The third-order valence-electron chi connectivity index (χ3n) is 4.53. The van der Waals surface area contributed by atoms with E-state index in [1.807, 2.05) is 20.8 Å². The number of sulfonamides is 1. The van der Waals surface area contributed by atoms with Gasteiger partial charge in [0.15, 0.2) is 0 Å². The summed E-state index contributed by atoms with van der Waals surface area (Å²) in [4.78, 5) is 8.23. The third kappa shape index (κ3) is 3.59. The Morgan fingerprint density at radius 3 is 2.69 bits per heavy atom. The van der Waals surface area contributed by atoms with Crippen LogP contribution in [0.1, 0.15) is 44.1 Å². The van der Waals surface area contributed by atoms with Crippen molar-refractivity contribution in [2.75, 3.05) is 13.1 Å². The number of aryl methyl sites for hydroxylation is 1. The highest BCUT2D eigenvalue weighted by Crippen LogP contribution is 2.28. The van der Waals surface area contributed by atoms with E-state index in [4.69, 9.17) is 4.74 Å². The van der Waals surface area contributed by atoms with Crippen molar-refractivity contribution in [3.05, 3.63) is 30.0 Å². The van der Waals surface area contributed by atoms with Crippen LogP contribution < -0.4 is 4.74 Å². The molecule has 142 valence electrons. The second-order valence-corrected chi connectivity index (χ2v) is 8.71. The monoisotopic (exact) mass is 379 g/mol. The van der Waals surface area contributed by atoms with Crippen LogP contribution in [0.3, 0.4) is 0 Å². The molecule has 2 aromatic rings. The molecule has 2 aromatic heterocycles. The molecule has 1 fully saturated rings. The molecule has 0 N–H and O–H groups in total. The lowest BCUT2D eigenvalue weighted by molar-refractivity contribution is 0.124. The number of nitrogens with zero attached hydrogens (tertiary/aromatic N) is 5. The minimum atomic E-state index is -3.62. The zero-order chi connectivity index (χ0) is 18.9. The van der Waals surface area contributed by atoms with Crippen molar-refractivity contribution in [2.24, 2.45) is 0 Å². The predicted octanol–water partition coefficient (Wildman–Crippen LogP) is 2.10. The van der Waals surface area contributed by atoms with E-state index in [-0.39, 0.29) is 12.1 Å². The number of hydrogen-bond acceptors (Lipinski definition) is 6. The van der Waals surface area contributed by atoms with Gasteiger partial charge in [-0.25, -0.2) is 18.4 Å². The van der Waals surface area contributed by atoms with Gasteiger partial charge < -0.3 is 4.74 Å². The maximum atomic E-state index is 13.3. The minimum Gasteiger partial charge on any atom is -0.473 e. The zero-order valence-electron chi connectivity index (χ0n) is 15.6. The molecular weight excluding hydrogens is 354 g/mol. The number of piperidine rings is 1. The molecule has 1 aliphatic rings. The molecule has 0 aliphatic carbocycles. The van der Waals surface area contributed by atoms with Gasteiger partial charge in [-0.05, 0) is 40.5 Å². The molecule has 1 atom stereocenters. The van der Waals surface area contributed by atoms with Crippen molar-refractivity contribution in [2.45, 2.75) is 57.6 Å². The fourth-order valence-electron chi connectivity index (χ4n) is 3.39. The number of hydrogen-bond donors (Lipinski definition) is 0. The first-order valence-electron chi connectivity index (χ1n) is 8.79. The van der Waals surface area contributed by atoms with Crippen LogP contribution in [0.5, 0.6) is 5.88 Å². The Morgan fingerprint density at radius 1 is 1.31 bits per heavy atom. The highest BCUT2D eigenvalue weighted by molar-refractivity contribution is 7.89. The van der Waals surface area contributed by atoms with Crippen LogP contribution in [0.25, 0.3) is 0 Å². The van der Waals surface area contributed by atoms with Crippen LogP contribution in [0.4, 0.5) is 0 Å². The molecule has 0 bridgehead atoms. The smallest absolute Gasteiger partial charge is 0.246 e. The van der Waals surface area contributed by atoms with E-state index in [0.29, 0.717) is 35.3 Å². The lowest BCUT2D eigenvalue weighted by Crippen LogP contribution is -2.44. The van der Waals surface area contributed by atoms with Gasteiger partial charge in [-0.2, -0.15) is 9.40 Å². The zero-order valence-corrected chi connectivity index (χ0v) is 16.4. The highest BCUT2D eigenvalue weighted by atomic mass is 32.2. The fourth-order valence-corrected chi connectivity index (χ4v) is 5.26. The average molecular weight is 379 g/mol. The lowest BCUT2D eigenvalue weighted by atomic mass is 10.1. The lowest BCUT2D eigenvalue weighted by Gasteiger charge is -2.31. The topological polar surface area (TPSA) is 90.2 Å². The summed E-state index contributed by atoms with van der Waals surface area (Å²) in [6, 6.07) is 1.78. The molecule has 8 nitrogen and oxygen atoms in total. The summed E-state index contributed by atoms with van der Waals surface area (Å²) in [7, 11) is -3.62. The Labute approximate surface area is 154 Å². The average Bonchev–Trinajstić information content (AvgIpc) is 2.91. The molecule has 3 rings (SSSR count). The summed E-state index contributed by atoms with van der Waals surface area (Å²) < 4.78 is 35.6. The molecule has 1 unspecified atom stereocenters. The normalized spacial score (nSPS) is 19.0. The minimum absolute atomic E-state index is 0.104. The van der Waals surface area contributed by atoms with Gasteiger partial charge in [-0.3, -0.25) is 4.68 Å². The second-order valence-electron chi connectivity index (χ2n) is 6.83. The van der Waals surface area contributed by atoms with Gasteiger partial charge in [0, 0.05) is 24.8 Å². The van der Waals surface area contributed by atoms with Gasteiger partial charge >= 0.3 is 0 Å². The Hall–Kier alpha value is -2.00. The second kappa shape index (κ2) is 7.32. The van der Waals surface area contributed by atoms with Gasteiger partial charge in [0.1, 0.15) is 17.3 Å². The standard InChI is InChI=1S/C17H25N5O3S/c1-12(2)22-14(4)17(13(3)20-22)26(23,24)21-9-5-6-15(10-21)25-16-7-8-18-11-19-16/h7-8,11-12,15H,5-6,9-10H2,1-4H3. The Bertz CT molecular complexity index is 864.